The molecule has 0 spiro atoms. The fourth-order valence-electron chi connectivity index (χ4n) is 1.56. The van der Waals surface area contributed by atoms with Crippen molar-refractivity contribution in [1.82, 2.24) is 4.98 Å². The molecule has 0 fully saturated rings. The van der Waals surface area contributed by atoms with Crippen LogP contribution in [0.3, 0.4) is 0 Å². The summed E-state index contributed by atoms with van der Waals surface area (Å²) in [4.78, 5) is 14.8. The van der Waals surface area contributed by atoms with E-state index in [4.69, 9.17) is 18.0 Å². The third kappa shape index (κ3) is 3.75. The number of thioether (sulfide) groups is 1. The molecule has 0 aliphatic rings. The minimum absolute atomic E-state index is 0.0907. The minimum atomic E-state index is -0.403. The molecule has 2 N–H and O–H groups in total. The number of nitro groups is 1. The highest BCUT2D eigenvalue weighted by Crippen LogP contribution is 2.23. The molecule has 1 aromatic heterocycles. The third-order valence-corrected chi connectivity index (χ3v) is 3.76. The number of thiocarbonyl (C=S) groups is 1. The molecule has 0 unspecified atom stereocenters. The monoisotopic (exact) mass is 305 g/mol. The molecule has 2 aromatic rings. The van der Waals surface area contributed by atoms with Crippen LogP contribution in [0, 0.1) is 10.1 Å². The topological polar surface area (TPSA) is 82.0 Å². The predicted molar refractivity (Wildman–Crippen MR) is 82.8 cm³/mol. The zero-order valence-electron chi connectivity index (χ0n) is 10.4. The van der Waals surface area contributed by atoms with Gasteiger partial charge in [-0.05, 0) is 17.7 Å². The first-order chi connectivity index (χ1) is 9.56. The van der Waals surface area contributed by atoms with E-state index in [2.05, 4.69) is 4.98 Å². The van der Waals surface area contributed by atoms with Gasteiger partial charge in [-0.1, -0.05) is 24.4 Å². The molecular formula is C13H11N3O2S2. The molecule has 0 saturated carbocycles. The van der Waals surface area contributed by atoms with Crippen molar-refractivity contribution in [1.29, 1.82) is 0 Å². The van der Waals surface area contributed by atoms with Crippen LogP contribution in [0.1, 0.15) is 11.1 Å². The molecule has 102 valence electrons. The number of hydrogen-bond acceptors (Lipinski definition) is 5. The van der Waals surface area contributed by atoms with E-state index in [1.54, 1.807) is 24.4 Å². The van der Waals surface area contributed by atoms with E-state index in [9.17, 15) is 10.1 Å². The molecule has 20 heavy (non-hydrogen) atoms. The Morgan fingerprint density at radius 3 is 2.90 bits per heavy atom. The first-order valence-corrected chi connectivity index (χ1v) is 7.07. The van der Waals surface area contributed by atoms with Crippen LogP contribution in [0.15, 0.2) is 47.6 Å². The van der Waals surface area contributed by atoms with Gasteiger partial charge in [-0.2, -0.15) is 0 Å². The van der Waals surface area contributed by atoms with Crippen molar-refractivity contribution >= 4 is 34.7 Å². The maximum absolute atomic E-state index is 10.7. The first-order valence-electron chi connectivity index (χ1n) is 5.68. The number of nitrogens with two attached hydrogens (primary N) is 1. The van der Waals surface area contributed by atoms with Gasteiger partial charge in [-0.15, -0.1) is 11.8 Å². The lowest BCUT2D eigenvalue weighted by atomic mass is 10.2. The molecule has 0 saturated heterocycles. The van der Waals surface area contributed by atoms with Crippen LogP contribution in [0.25, 0.3) is 0 Å². The Bertz CT molecular complexity index is 604. The van der Waals surface area contributed by atoms with E-state index in [-0.39, 0.29) is 5.69 Å². The summed E-state index contributed by atoms with van der Waals surface area (Å²) in [6.07, 6.45) is 1.64. The standard InChI is InChI=1S/C13H11N3O2S2/c14-13(19)10-4-5-15-12(7-10)20-8-9-2-1-3-11(6-9)16(17)18/h1-7H,8H2,(H2,14,19). The summed E-state index contributed by atoms with van der Waals surface area (Å²) >= 11 is 6.39. The average molecular weight is 305 g/mol. The zero-order chi connectivity index (χ0) is 14.5. The summed E-state index contributed by atoms with van der Waals surface area (Å²) in [6, 6.07) is 10.1. The second-order valence-corrected chi connectivity index (χ2v) is 5.40. The number of aromatic nitrogens is 1. The highest BCUT2D eigenvalue weighted by molar-refractivity contribution is 7.98. The number of rotatable bonds is 5. The van der Waals surface area contributed by atoms with Crippen LogP contribution in [0.5, 0.6) is 0 Å². The molecule has 7 heteroatoms. The van der Waals surface area contributed by atoms with Gasteiger partial charge >= 0.3 is 0 Å². The quantitative estimate of drug-likeness (QED) is 0.396. The number of non-ortho nitro benzene ring substituents is 1. The van der Waals surface area contributed by atoms with Crippen LogP contribution >= 0.6 is 24.0 Å². The van der Waals surface area contributed by atoms with Gasteiger partial charge < -0.3 is 5.73 Å². The summed E-state index contributed by atoms with van der Waals surface area (Å²) < 4.78 is 0. The lowest BCUT2D eigenvalue weighted by Crippen LogP contribution is -2.09. The Balaban J connectivity index is 2.08. The maximum Gasteiger partial charge on any atom is 0.269 e. The SMILES string of the molecule is NC(=S)c1ccnc(SCc2cccc([N+](=O)[O-])c2)c1. The number of nitro benzene ring substituents is 1. The van der Waals surface area contributed by atoms with E-state index in [1.807, 2.05) is 12.1 Å². The van der Waals surface area contributed by atoms with Crippen molar-refractivity contribution < 1.29 is 4.92 Å². The van der Waals surface area contributed by atoms with E-state index < -0.39 is 4.92 Å². The van der Waals surface area contributed by atoms with Gasteiger partial charge in [0.1, 0.15) is 4.99 Å². The largest absolute Gasteiger partial charge is 0.389 e. The molecule has 0 bridgehead atoms. The number of pyridine rings is 1. The molecule has 0 atom stereocenters. The predicted octanol–water partition coefficient (Wildman–Crippen LogP) is 2.92. The van der Waals surface area contributed by atoms with Crippen molar-refractivity contribution in [3.05, 3.63) is 63.8 Å². The van der Waals surface area contributed by atoms with Gasteiger partial charge in [0.05, 0.1) is 9.95 Å². The van der Waals surface area contributed by atoms with Crippen LogP contribution in [-0.4, -0.2) is 14.9 Å². The Kier molecular flexibility index (Phi) is 4.65. The highest BCUT2D eigenvalue weighted by Gasteiger charge is 2.06. The molecular weight excluding hydrogens is 294 g/mol. The average Bonchev–Trinajstić information content (AvgIpc) is 2.45. The minimum Gasteiger partial charge on any atom is -0.389 e. The Morgan fingerprint density at radius 1 is 1.40 bits per heavy atom. The van der Waals surface area contributed by atoms with E-state index in [0.717, 1.165) is 16.2 Å². The lowest BCUT2D eigenvalue weighted by Gasteiger charge is -2.03. The van der Waals surface area contributed by atoms with Gasteiger partial charge in [-0.25, -0.2) is 4.98 Å². The van der Waals surface area contributed by atoms with Crippen molar-refractivity contribution in [2.45, 2.75) is 10.8 Å². The highest BCUT2D eigenvalue weighted by atomic mass is 32.2. The van der Waals surface area contributed by atoms with E-state index >= 15 is 0 Å². The van der Waals surface area contributed by atoms with Crippen LogP contribution in [0.4, 0.5) is 5.69 Å². The summed E-state index contributed by atoms with van der Waals surface area (Å²) in [5, 5.41) is 11.5. The molecule has 1 aromatic carbocycles. The van der Waals surface area contributed by atoms with Gasteiger partial charge in [0.25, 0.3) is 5.69 Å². The maximum atomic E-state index is 10.7. The first kappa shape index (κ1) is 14.4. The van der Waals surface area contributed by atoms with E-state index in [0.29, 0.717) is 10.7 Å². The van der Waals surface area contributed by atoms with Crippen molar-refractivity contribution in [3.63, 3.8) is 0 Å². The van der Waals surface area contributed by atoms with Crippen LogP contribution in [0.2, 0.25) is 0 Å². The Morgan fingerprint density at radius 2 is 2.20 bits per heavy atom. The van der Waals surface area contributed by atoms with Gasteiger partial charge in [0.15, 0.2) is 0 Å². The molecule has 0 radical (unpaired) electrons. The second-order valence-electron chi connectivity index (χ2n) is 3.96. The molecule has 1 heterocycles. The molecule has 5 nitrogen and oxygen atoms in total. The summed E-state index contributed by atoms with van der Waals surface area (Å²) in [7, 11) is 0. The van der Waals surface area contributed by atoms with Crippen molar-refractivity contribution in [3.8, 4) is 0 Å². The molecule has 0 aliphatic heterocycles. The molecule has 0 amide bonds. The third-order valence-electron chi connectivity index (χ3n) is 2.53. The summed E-state index contributed by atoms with van der Waals surface area (Å²) in [6.45, 7) is 0. The smallest absolute Gasteiger partial charge is 0.269 e. The van der Waals surface area contributed by atoms with Crippen molar-refractivity contribution in [2.24, 2.45) is 5.73 Å². The zero-order valence-corrected chi connectivity index (χ0v) is 12.0. The van der Waals surface area contributed by atoms with Gasteiger partial charge in [0, 0.05) is 29.6 Å². The van der Waals surface area contributed by atoms with Crippen LogP contribution in [-0.2, 0) is 5.75 Å². The van der Waals surface area contributed by atoms with Crippen LogP contribution < -0.4 is 5.73 Å². The molecule has 2 rings (SSSR count). The second kappa shape index (κ2) is 6.44. The fraction of sp³-hybridized carbons (Fsp3) is 0.0769. The number of benzene rings is 1. The lowest BCUT2D eigenvalue weighted by molar-refractivity contribution is -0.384. The molecule has 0 aliphatic carbocycles. The summed E-state index contributed by atoms with van der Waals surface area (Å²) in [5.74, 6) is 0.593. The van der Waals surface area contributed by atoms with Crippen molar-refractivity contribution in [2.75, 3.05) is 0 Å². The Hall–Kier alpha value is -1.99. The normalized spacial score (nSPS) is 10.2. The number of nitrogens with zero attached hydrogens (tertiary/aromatic N) is 2. The fourth-order valence-corrected chi connectivity index (χ4v) is 2.53. The van der Waals surface area contributed by atoms with Gasteiger partial charge in [0.2, 0.25) is 0 Å². The Labute approximate surface area is 125 Å². The van der Waals surface area contributed by atoms with E-state index in [1.165, 1.54) is 17.8 Å². The number of hydrogen-bond donors (Lipinski definition) is 1. The summed E-state index contributed by atoms with van der Waals surface area (Å²) in [5.41, 5.74) is 7.28. The van der Waals surface area contributed by atoms with Gasteiger partial charge in [-0.3, -0.25) is 10.1 Å².